The van der Waals surface area contributed by atoms with Crippen molar-refractivity contribution in [2.45, 2.75) is 66.2 Å². The quantitative estimate of drug-likeness (QED) is 0.819. The van der Waals surface area contributed by atoms with E-state index in [0.29, 0.717) is 5.41 Å². The summed E-state index contributed by atoms with van der Waals surface area (Å²) in [6.45, 7) is 15.9. The van der Waals surface area contributed by atoms with Crippen LogP contribution in [0, 0.1) is 23.2 Å². The molecule has 1 N–H and O–H groups in total. The number of hydrogen-bond acceptors (Lipinski definition) is 2. The van der Waals surface area contributed by atoms with Crippen molar-refractivity contribution in [3.8, 4) is 0 Å². The van der Waals surface area contributed by atoms with Crippen LogP contribution in [0.2, 0.25) is 0 Å². The van der Waals surface area contributed by atoms with Gasteiger partial charge in [-0.3, -0.25) is 0 Å². The zero-order valence-electron chi connectivity index (χ0n) is 15.0. The molecule has 1 saturated carbocycles. The van der Waals surface area contributed by atoms with Crippen LogP contribution in [-0.4, -0.2) is 37.6 Å². The number of nitrogens with one attached hydrogen (secondary N) is 1. The molecule has 124 valence electrons. The van der Waals surface area contributed by atoms with E-state index in [1.807, 2.05) is 0 Å². The molecule has 1 aliphatic carbocycles. The predicted molar refractivity (Wildman–Crippen MR) is 92.6 cm³/mol. The van der Waals surface area contributed by atoms with Gasteiger partial charge in [-0.25, -0.2) is 0 Å². The molecule has 1 heterocycles. The number of hydrogen-bond donors (Lipinski definition) is 1. The summed E-state index contributed by atoms with van der Waals surface area (Å²) in [6.07, 6.45) is 8.59. The van der Waals surface area contributed by atoms with Crippen molar-refractivity contribution >= 4 is 0 Å². The van der Waals surface area contributed by atoms with Gasteiger partial charge in [-0.1, -0.05) is 27.7 Å². The first-order valence-corrected chi connectivity index (χ1v) is 9.42. The van der Waals surface area contributed by atoms with Gasteiger partial charge in [0.1, 0.15) is 0 Å². The van der Waals surface area contributed by atoms with Crippen molar-refractivity contribution < 1.29 is 0 Å². The van der Waals surface area contributed by atoms with E-state index in [4.69, 9.17) is 0 Å². The molecule has 0 aromatic heterocycles. The molecule has 2 aliphatic rings. The Balaban J connectivity index is 1.56. The molecule has 0 aromatic rings. The van der Waals surface area contributed by atoms with Crippen LogP contribution in [0.3, 0.4) is 0 Å². The maximum absolute atomic E-state index is 3.79. The van der Waals surface area contributed by atoms with Crippen LogP contribution in [0.5, 0.6) is 0 Å². The van der Waals surface area contributed by atoms with E-state index in [-0.39, 0.29) is 0 Å². The van der Waals surface area contributed by atoms with Crippen molar-refractivity contribution in [3.05, 3.63) is 0 Å². The van der Waals surface area contributed by atoms with E-state index in [1.54, 1.807) is 0 Å². The van der Waals surface area contributed by atoms with E-state index >= 15 is 0 Å². The molecule has 0 unspecified atom stereocenters. The Hall–Kier alpha value is -0.0800. The van der Waals surface area contributed by atoms with Crippen molar-refractivity contribution in [1.82, 2.24) is 10.2 Å². The lowest BCUT2D eigenvalue weighted by Crippen LogP contribution is -2.38. The maximum Gasteiger partial charge on any atom is -0.00157 e. The molecule has 1 saturated heterocycles. The van der Waals surface area contributed by atoms with Crippen LogP contribution in [0.4, 0.5) is 0 Å². The zero-order valence-corrected chi connectivity index (χ0v) is 15.0. The maximum atomic E-state index is 3.79. The number of likely N-dealkylation sites (tertiary alicyclic amines) is 1. The van der Waals surface area contributed by atoms with Gasteiger partial charge in [0.15, 0.2) is 0 Å². The van der Waals surface area contributed by atoms with Crippen molar-refractivity contribution in [2.24, 2.45) is 23.2 Å². The topological polar surface area (TPSA) is 15.3 Å². The second-order valence-corrected chi connectivity index (χ2v) is 8.62. The Morgan fingerprint density at radius 2 is 1.38 bits per heavy atom. The molecule has 2 rings (SSSR count). The third kappa shape index (κ3) is 5.56. The fraction of sp³-hybridized carbons (Fsp3) is 1.00. The van der Waals surface area contributed by atoms with Crippen LogP contribution < -0.4 is 5.32 Å². The lowest BCUT2D eigenvalue weighted by atomic mass is 9.70. The van der Waals surface area contributed by atoms with E-state index in [0.717, 1.165) is 17.8 Å². The number of nitrogens with zero attached hydrogens (tertiary/aromatic N) is 1. The van der Waals surface area contributed by atoms with E-state index < -0.39 is 0 Å². The fourth-order valence-corrected chi connectivity index (χ4v) is 4.23. The highest BCUT2D eigenvalue weighted by Gasteiger charge is 2.29. The molecule has 0 bridgehead atoms. The van der Waals surface area contributed by atoms with Crippen LogP contribution in [0.25, 0.3) is 0 Å². The lowest BCUT2D eigenvalue weighted by molar-refractivity contribution is 0.146. The predicted octanol–water partition coefficient (Wildman–Crippen LogP) is 4.16. The minimum Gasteiger partial charge on any atom is -0.316 e. The van der Waals surface area contributed by atoms with Gasteiger partial charge in [-0.15, -0.1) is 0 Å². The average molecular weight is 295 g/mol. The highest BCUT2D eigenvalue weighted by Crippen LogP contribution is 2.39. The third-order valence-electron chi connectivity index (χ3n) is 6.09. The first-order chi connectivity index (χ1) is 9.99. The first-order valence-electron chi connectivity index (χ1n) is 9.42. The molecule has 2 fully saturated rings. The molecule has 0 atom stereocenters. The summed E-state index contributed by atoms with van der Waals surface area (Å²) >= 11 is 0. The van der Waals surface area contributed by atoms with Crippen molar-refractivity contribution in [1.29, 1.82) is 0 Å². The molecule has 0 amide bonds. The molecular weight excluding hydrogens is 256 g/mol. The summed E-state index contributed by atoms with van der Waals surface area (Å²) in [4.78, 5) is 2.59. The van der Waals surface area contributed by atoms with Gasteiger partial charge in [-0.2, -0.15) is 0 Å². The monoisotopic (exact) mass is 294 g/mol. The normalized spacial score (nSPS) is 29.7. The van der Waals surface area contributed by atoms with E-state index in [9.17, 15) is 0 Å². The number of rotatable bonds is 5. The lowest BCUT2D eigenvalue weighted by Gasteiger charge is -2.37. The molecule has 21 heavy (non-hydrogen) atoms. The van der Waals surface area contributed by atoms with Gasteiger partial charge in [0.2, 0.25) is 0 Å². The van der Waals surface area contributed by atoms with Gasteiger partial charge in [0.25, 0.3) is 0 Å². The standard InChI is InChI=1S/C19H38N2/c1-5-21-12-10-17(11-13-21)15-20-14-16-6-8-18(9-7-16)19(2,3)4/h16-18,20H,5-15H2,1-4H3. The largest absolute Gasteiger partial charge is 0.316 e. The van der Waals surface area contributed by atoms with Crippen LogP contribution in [-0.2, 0) is 0 Å². The van der Waals surface area contributed by atoms with Crippen molar-refractivity contribution in [3.63, 3.8) is 0 Å². The SMILES string of the molecule is CCN1CCC(CNCC2CCC(C(C)(C)C)CC2)CC1. The van der Waals surface area contributed by atoms with Gasteiger partial charge < -0.3 is 10.2 Å². The van der Waals surface area contributed by atoms with Gasteiger partial charge >= 0.3 is 0 Å². The van der Waals surface area contributed by atoms with E-state index in [2.05, 4.69) is 37.9 Å². The molecule has 2 heteroatoms. The Morgan fingerprint density at radius 1 is 0.857 bits per heavy atom. The zero-order chi connectivity index (χ0) is 15.3. The van der Waals surface area contributed by atoms with Crippen LogP contribution >= 0.6 is 0 Å². The fourth-order valence-electron chi connectivity index (χ4n) is 4.23. The minimum atomic E-state index is 0.519. The summed E-state index contributed by atoms with van der Waals surface area (Å²) in [6, 6.07) is 0. The molecule has 2 nitrogen and oxygen atoms in total. The summed E-state index contributed by atoms with van der Waals surface area (Å²) in [5.41, 5.74) is 0.519. The van der Waals surface area contributed by atoms with Crippen LogP contribution in [0.1, 0.15) is 66.2 Å². The van der Waals surface area contributed by atoms with Gasteiger partial charge in [0, 0.05) is 0 Å². The second kappa shape index (κ2) is 7.97. The van der Waals surface area contributed by atoms with Gasteiger partial charge in [0.05, 0.1) is 0 Å². The number of piperidine rings is 1. The summed E-state index contributed by atoms with van der Waals surface area (Å²) < 4.78 is 0. The van der Waals surface area contributed by atoms with Gasteiger partial charge in [-0.05, 0) is 94.4 Å². The summed E-state index contributed by atoms with van der Waals surface area (Å²) in [5, 5.41) is 3.79. The summed E-state index contributed by atoms with van der Waals surface area (Å²) in [7, 11) is 0. The molecular formula is C19H38N2. The minimum absolute atomic E-state index is 0.519. The van der Waals surface area contributed by atoms with Crippen molar-refractivity contribution in [2.75, 3.05) is 32.7 Å². The second-order valence-electron chi connectivity index (χ2n) is 8.62. The molecule has 0 spiro atoms. The molecule has 0 radical (unpaired) electrons. The molecule has 0 aromatic carbocycles. The third-order valence-corrected chi connectivity index (χ3v) is 6.09. The Bertz CT molecular complexity index is 278. The average Bonchev–Trinajstić information content (AvgIpc) is 2.47. The highest BCUT2D eigenvalue weighted by molar-refractivity contribution is 4.81. The molecule has 1 aliphatic heterocycles. The smallest absolute Gasteiger partial charge is 0.00157 e. The van der Waals surface area contributed by atoms with E-state index in [1.165, 1.54) is 71.2 Å². The summed E-state index contributed by atoms with van der Waals surface area (Å²) in [5.74, 6) is 2.82. The Kier molecular flexibility index (Phi) is 6.55. The first kappa shape index (κ1) is 17.3. The Morgan fingerprint density at radius 3 is 1.86 bits per heavy atom. The van der Waals surface area contributed by atoms with Crippen LogP contribution in [0.15, 0.2) is 0 Å². The Labute approximate surface area is 133 Å². The highest BCUT2D eigenvalue weighted by atomic mass is 15.1.